The molecule has 1 N–H and O–H groups in total. The highest BCUT2D eigenvalue weighted by atomic mass is 16.2. The highest BCUT2D eigenvalue weighted by Crippen LogP contribution is 2.19. The molecule has 0 saturated carbocycles. The summed E-state index contributed by atoms with van der Waals surface area (Å²) >= 11 is 0. The maximum atomic E-state index is 12.1. The van der Waals surface area contributed by atoms with Gasteiger partial charge in [-0.15, -0.1) is 0 Å². The second-order valence-corrected chi connectivity index (χ2v) is 5.71. The molecule has 1 saturated heterocycles. The van der Waals surface area contributed by atoms with Crippen molar-refractivity contribution in [3.05, 3.63) is 24.5 Å². The van der Waals surface area contributed by atoms with Crippen LogP contribution in [0.4, 0.5) is 5.69 Å². The van der Waals surface area contributed by atoms with E-state index in [0.29, 0.717) is 6.04 Å². The number of carbonyl (C=O) groups excluding carboxylic acids is 1. The van der Waals surface area contributed by atoms with Crippen molar-refractivity contribution in [1.82, 2.24) is 15.2 Å². The minimum atomic E-state index is -0.104. The van der Waals surface area contributed by atoms with Crippen molar-refractivity contribution >= 4 is 11.6 Å². The highest BCUT2D eigenvalue weighted by molar-refractivity contribution is 5.81. The topological polar surface area (TPSA) is 48.5 Å². The first-order valence-corrected chi connectivity index (χ1v) is 7.77. The molecule has 1 aromatic rings. The summed E-state index contributed by atoms with van der Waals surface area (Å²) < 4.78 is 0. The van der Waals surface area contributed by atoms with Gasteiger partial charge in [0.2, 0.25) is 5.91 Å². The monoisotopic (exact) mass is 290 g/mol. The molecular weight excluding hydrogens is 264 g/mol. The van der Waals surface area contributed by atoms with Crippen LogP contribution in [-0.4, -0.2) is 54.6 Å². The zero-order chi connectivity index (χ0) is 15.2. The van der Waals surface area contributed by atoms with Crippen LogP contribution in [0.3, 0.4) is 0 Å². The van der Waals surface area contributed by atoms with Crippen LogP contribution >= 0.6 is 0 Å². The van der Waals surface area contributed by atoms with E-state index >= 15 is 0 Å². The zero-order valence-corrected chi connectivity index (χ0v) is 13.2. The molecule has 2 heterocycles. The Balaban J connectivity index is 1.80. The number of carbonyl (C=O) groups is 1. The van der Waals surface area contributed by atoms with E-state index in [1.807, 2.05) is 33.3 Å². The van der Waals surface area contributed by atoms with E-state index in [0.717, 1.165) is 32.5 Å². The molecule has 1 fully saturated rings. The van der Waals surface area contributed by atoms with Gasteiger partial charge in [0, 0.05) is 50.8 Å². The van der Waals surface area contributed by atoms with Crippen molar-refractivity contribution in [2.75, 3.05) is 31.6 Å². The highest BCUT2D eigenvalue weighted by Gasteiger charge is 2.24. The Kier molecular flexibility index (Phi) is 5.56. The first kappa shape index (κ1) is 15.8. The summed E-state index contributed by atoms with van der Waals surface area (Å²) in [6.45, 7) is 6.76. The molecule has 116 valence electrons. The summed E-state index contributed by atoms with van der Waals surface area (Å²) in [7, 11) is 1.85. The molecule has 0 bridgehead atoms. The van der Waals surface area contributed by atoms with Crippen LogP contribution in [0.15, 0.2) is 24.5 Å². The normalized spacial score (nSPS) is 17.6. The minimum absolute atomic E-state index is 0.104. The van der Waals surface area contributed by atoms with E-state index in [-0.39, 0.29) is 11.9 Å². The van der Waals surface area contributed by atoms with Gasteiger partial charge in [-0.3, -0.25) is 9.78 Å². The summed E-state index contributed by atoms with van der Waals surface area (Å²) in [5.74, 6) is 0.175. The van der Waals surface area contributed by atoms with Crippen LogP contribution in [0.25, 0.3) is 0 Å². The summed E-state index contributed by atoms with van der Waals surface area (Å²) in [6.07, 6.45) is 5.80. The molecule has 1 aliphatic heterocycles. The Morgan fingerprint density at radius 1 is 1.43 bits per heavy atom. The number of likely N-dealkylation sites (N-methyl/N-ethyl adjacent to an activating group) is 1. The molecule has 1 aromatic heterocycles. The Morgan fingerprint density at radius 2 is 2.05 bits per heavy atom. The molecule has 21 heavy (non-hydrogen) atoms. The van der Waals surface area contributed by atoms with E-state index < -0.39 is 0 Å². The van der Waals surface area contributed by atoms with Crippen LogP contribution in [0.2, 0.25) is 0 Å². The minimum Gasteiger partial charge on any atom is -0.371 e. The molecule has 5 nitrogen and oxygen atoms in total. The third kappa shape index (κ3) is 4.17. The number of piperidine rings is 1. The maximum Gasteiger partial charge on any atom is 0.239 e. The Morgan fingerprint density at radius 3 is 2.62 bits per heavy atom. The van der Waals surface area contributed by atoms with Crippen molar-refractivity contribution in [3.63, 3.8) is 0 Å². The lowest BCUT2D eigenvalue weighted by atomic mass is 10.0. The predicted molar refractivity (Wildman–Crippen MR) is 85.4 cm³/mol. The van der Waals surface area contributed by atoms with E-state index in [1.165, 1.54) is 5.69 Å². The molecule has 0 radical (unpaired) electrons. The number of amides is 1. The van der Waals surface area contributed by atoms with Crippen LogP contribution < -0.4 is 10.2 Å². The first-order chi connectivity index (χ1) is 10.1. The van der Waals surface area contributed by atoms with Gasteiger partial charge in [-0.05, 0) is 38.8 Å². The van der Waals surface area contributed by atoms with Crippen molar-refractivity contribution < 1.29 is 4.79 Å². The number of hydrogen-bond acceptors (Lipinski definition) is 4. The van der Waals surface area contributed by atoms with Crippen LogP contribution in [0.5, 0.6) is 0 Å². The van der Waals surface area contributed by atoms with Gasteiger partial charge in [0.1, 0.15) is 0 Å². The number of nitrogens with one attached hydrogen (secondary N) is 1. The van der Waals surface area contributed by atoms with Crippen molar-refractivity contribution in [2.24, 2.45) is 0 Å². The summed E-state index contributed by atoms with van der Waals surface area (Å²) in [4.78, 5) is 20.3. The first-order valence-electron chi connectivity index (χ1n) is 7.77. The number of nitrogens with zero attached hydrogens (tertiary/aromatic N) is 3. The lowest BCUT2D eigenvalue weighted by Gasteiger charge is -2.35. The van der Waals surface area contributed by atoms with Gasteiger partial charge in [-0.1, -0.05) is 0 Å². The van der Waals surface area contributed by atoms with Crippen LogP contribution in [-0.2, 0) is 4.79 Å². The lowest BCUT2D eigenvalue weighted by Crippen LogP contribution is -2.50. The fourth-order valence-electron chi connectivity index (χ4n) is 2.77. The fraction of sp³-hybridized carbons (Fsp3) is 0.625. The Hall–Kier alpha value is -1.62. The molecule has 2 rings (SSSR count). The quantitative estimate of drug-likeness (QED) is 0.893. The van der Waals surface area contributed by atoms with Crippen molar-refractivity contribution in [1.29, 1.82) is 0 Å². The molecule has 0 aromatic carbocycles. The van der Waals surface area contributed by atoms with Gasteiger partial charge in [0.15, 0.2) is 0 Å². The molecule has 5 heteroatoms. The second kappa shape index (κ2) is 7.41. The number of pyridine rings is 1. The van der Waals surface area contributed by atoms with Gasteiger partial charge in [0.05, 0.1) is 6.04 Å². The summed E-state index contributed by atoms with van der Waals surface area (Å²) in [5.41, 5.74) is 1.23. The van der Waals surface area contributed by atoms with E-state index in [4.69, 9.17) is 0 Å². The molecular formula is C16H26N4O. The second-order valence-electron chi connectivity index (χ2n) is 5.71. The van der Waals surface area contributed by atoms with Gasteiger partial charge >= 0.3 is 0 Å². The summed E-state index contributed by atoms with van der Waals surface area (Å²) in [5, 5.41) is 3.48. The molecule has 1 unspecified atom stereocenters. The number of anilines is 1. The van der Waals surface area contributed by atoms with Crippen LogP contribution in [0, 0.1) is 0 Å². The Bertz CT molecular complexity index is 443. The largest absolute Gasteiger partial charge is 0.371 e. The number of hydrogen-bond donors (Lipinski definition) is 1. The zero-order valence-electron chi connectivity index (χ0n) is 13.2. The van der Waals surface area contributed by atoms with E-state index in [9.17, 15) is 4.79 Å². The average molecular weight is 290 g/mol. The molecule has 0 spiro atoms. The standard InChI is InChI=1S/C16H26N4O/c1-4-19(3)16(21)13(2)18-14-7-11-20(12-8-14)15-5-9-17-10-6-15/h5-6,9-10,13-14,18H,4,7-8,11-12H2,1-3H3. The van der Waals surface area contributed by atoms with Gasteiger partial charge in [0.25, 0.3) is 0 Å². The van der Waals surface area contributed by atoms with Gasteiger partial charge in [-0.2, -0.15) is 0 Å². The number of rotatable bonds is 5. The van der Waals surface area contributed by atoms with Crippen molar-refractivity contribution in [2.45, 2.75) is 38.8 Å². The average Bonchev–Trinajstić information content (AvgIpc) is 2.54. The van der Waals surface area contributed by atoms with Gasteiger partial charge in [-0.25, -0.2) is 0 Å². The molecule has 0 aliphatic carbocycles. The lowest BCUT2D eigenvalue weighted by molar-refractivity contribution is -0.131. The van der Waals surface area contributed by atoms with Crippen LogP contribution in [0.1, 0.15) is 26.7 Å². The number of aromatic nitrogens is 1. The van der Waals surface area contributed by atoms with E-state index in [2.05, 4.69) is 27.3 Å². The predicted octanol–water partition coefficient (Wildman–Crippen LogP) is 1.51. The molecule has 1 atom stereocenters. The maximum absolute atomic E-state index is 12.1. The third-order valence-corrected chi connectivity index (χ3v) is 4.23. The van der Waals surface area contributed by atoms with Crippen molar-refractivity contribution in [3.8, 4) is 0 Å². The summed E-state index contributed by atoms with van der Waals surface area (Å²) in [6, 6.07) is 4.42. The van der Waals surface area contributed by atoms with Gasteiger partial charge < -0.3 is 15.1 Å². The molecule has 1 aliphatic rings. The smallest absolute Gasteiger partial charge is 0.239 e. The SMILES string of the molecule is CCN(C)C(=O)C(C)NC1CCN(c2ccncc2)CC1. The Labute approximate surface area is 127 Å². The fourth-order valence-corrected chi connectivity index (χ4v) is 2.77. The van der Waals surface area contributed by atoms with E-state index in [1.54, 1.807) is 4.90 Å². The third-order valence-electron chi connectivity index (χ3n) is 4.23. The molecule has 1 amide bonds.